The molecule has 0 unspecified atom stereocenters. The van der Waals surface area contributed by atoms with Gasteiger partial charge < -0.3 is 10.6 Å². The monoisotopic (exact) mass is 393 g/mol. The van der Waals surface area contributed by atoms with Crippen LogP contribution in [0, 0.1) is 5.82 Å². The number of benzene rings is 1. The molecular formula is C19H28FN5O3. The maximum atomic E-state index is 13.2. The Bertz CT molecular complexity index is 712. The molecule has 3 N–H and O–H groups in total. The highest BCUT2D eigenvalue weighted by atomic mass is 19.1. The van der Waals surface area contributed by atoms with Gasteiger partial charge in [0.1, 0.15) is 5.82 Å². The van der Waals surface area contributed by atoms with Crippen LogP contribution in [0.4, 0.5) is 14.9 Å². The molecule has 0 spiro atoms. The average Bonchev–Trinajstić information content (AvgIpc) is 2.54. The van der Waals surface area contributed by atoms with E-state index in [9.17, 15) is 18.8 Å². The van der Waals surface area contributed by atoms with Crippen molar-refractivity contribution >= 4 is 23.5 Å². The summed E-state index contributed by atoms with van der Waals surface area (Å²) in [4.78, 5) is 39.7. The zero-order valence-electron chi connectivity index (χ0n) is 16.5. The van der Waals surface area contributed by atoms with Crippen LogP contribution in [0.2, 0.25) is 0 Å². The molecule has 0 saturated carbocycles. The molecule has 0 radical (unpaired) electrons. The minimum absolute atomic E-state index is 0.126. The number of amides is 4. The second-order valence-electron chi connectivity index (χ2n) is 7.86. The van der Waals surface area contributed by atoms with Crippen LogP contribution in [-0.2, 0) is 9.59 Å². The number of hydrogen-bond donors (Lipinski definition) is 3. The molecule has 8 nitrogen and oxygen atoms in total. The van der Waals surface area contributed by atoms with E-state index in [1.807, 2.05) is 30.6 Å². The van der Waals surface area contributed by atoms with Crippen LogP contribution in [0.25, 0.3) is 0 Å². The molecular weight excluding hydrogens is 365 g/mol. The fourth-order valence-electron chi connectivity index (χ4n) is 2.82. The summed E-state index contributed by atoms with van der Waals surface area (Å²) >= 11 is 0. The number of anilines is 1. The molecule has 1 fully saturated rings. The number of carbonyl (C=O) groups is 3. The quantitative estimate of drug-likeness (QED) is 0.694. The van der Waals surface area contributed by atoms with Gasteiger partial charge in [-0.3, -0.25) is 24.7 Å². The lowest BCUT2D eigenvalue weighted by molar-refractivity contribution is -0.122. The second kappa shape index (κ2) is 9.61. The lowest BCUT2D eigenvalue weighted by Gasteiger charge is -2.33. The van der Waals surface area contributed by atoms with E-state index in [0.29, 0.717) is 31.9 Å². The molecule has 0 aromatic heterocycles. The Morgan fingerprint density at radius 2 is 1.57 bits per heavy atom. The molecule has 2 rings (SSSR count). The highest BCUT2D eigenvalue weighted by Gasteiger charge is 2.22. The predicted molar refractivity (Wildman–Crippen MR) is 104 cm³/mol. The van der Waals surface area contributed by atoms with E-state index in [1.54, 1.807) is 6.07 Å². The summed E-state index contributed by atoms with van der Waals surface area (Å²) in [5.74, 6) is -0.976. The normalized spacial score (nSPS) is 15.7. The van der Waals surface area contributed by atoms with Crippen LogP contribution in [-0.4, -0.2) is 72.5 Å². The summed E-state index contributed by atoms with van der Waals surface area (Å²) in [5, 5.41) is 7.66. The van der Waals surface area contributed by atoms with Crippen LogP contribution in [0.5, 0.6) is 0 Å². The Labute approximate surface area is 164 Å². The van der Waals surface area contributed by atoms with Gasteiger partial charge in [0.05, 0.1) is 13.1 Å². The molecule has 0 atom stereocenters. The van der Waals surface area contributed by atoms with Crippen LogP contribution in [0.1, 0.15) is 20.8 Å². The van der Waals surface area contributed by atoms with Gasteiger partial charge in [0.2, 0.25) is 11.8 Å². The highest BCUT2D eigenvalue weighted by Crippen LogP contribution is 2.09. The lowest BCUT2D eigenvalue weighted by atomic mass is 10.1. The van der Waals surface area contributed by atoms with E-state index in [-0.39, 0.29) is 24.9 Å². The molecule has 9 heteroatoms. The van der Waals surface area contributed by atoms with E-state index >= 15 is 0 Å². The van der Waals surface area contributed by atoms with Gasteiger partial charge in [-0.25, -0.2) is 9.18 Å². The van der Waals surface area contributed by atoms with Gasteiger partial charge in [0.25, 0.3) is 0 Å². The zero-order chi connectivity index (χ0) is 20.7. The van der Waals surface area contributed by atoms with Gasteiger partial charge in [0.15, 0.2) is 0 Å². The molecule has 0 bridgehead atoms. The first-order chi connectivity index (χ1) is 13.1. The van der Waals surface area contributed by atoms with Crippen LogP contribution in [0.3, 0.4) is 0 Å². The van der Waals surface area contributed by atoms with Gasteiger partial charge >= 0.3 is 6.03 Å². The maximum Gasteiger partial charge on any atom is 0.321 e. The highest BCUT2D eigenvalue weighted by molar-refractivity contribution is 5.95. The van der Waals surface area contributed by atoms with Crippen molar-refractivity contribution < 1.29 is 18.8 Å². The Morgan fingerprint density at radius 3 is 2.11 bits per heavy atom. The smallest absolute Gasteiger partial charge is 0.321 e. The van der Waals surface area contributed by atoms with Crippen molar-refractivity contribution in [1.82, 2.24) is 20.4 Å². The Hall–Kier alpha value is -2.52. The molecule has 1 aliphatic heterocycles. The maximum absolute atomic E-state index is 13.2. The first-order valence-electron chi connectivity index (χ1n) is 9.23. The van der Waals surface area contributed by atoms with Crippen LogP contribution < -0.4 is 16.0 Å². The molecule has 1 heterocycles. The Balaban J connectivity index is 1.68. The van der Waals surface area contributed by atoms with Crippen molar-refractivity contribution in [1.29, 1.82) is 0 Å². The Kier molecular flexibility index (Phi) is 7.47. The molecule has 28 heavy (non-hydrogen) atoms. The third kappa shape index (κ3) is 8.01. The molecule has 1 aliphatic rings. The number of piperazine rings is 1. The number of nitrogens with one attached hydrogen (secondary N) is 3. The van der Waals surface area contributed by atoms with E-state index in [4.69, 9.17) is 0 Å². The molecule has 0 aliphatic carbocycles. The van der Waals surface area contributed by atoms with Gasteiger partial charge in [-0.2, -0.15) is 0 Å². The van der Waals surface area contributed by atoms with Crippen LogP contribution in [0.15, 0.2) is 24.3 Å². The fourth-order valence-corrected chi connectivity index (χ4v) is 2.82. The number of rotatable bonds is 5. The van der Waals surface area contributed by atoms with E-state index < -0.39 is 17.4 Å². The van der Waals surface area contributed by atoms with Crippen LogP contribution >= 0.6 is 0 Å². The molecule has 4 amide bonds. The lowest BCUT2D eigenvalue weighted by Crippen LogP contribution is -2.53. The SMILES string of the molecule is CC(C)(C)NC(=O)NC(=O)CN1CCN(CC(=O)Nc2cccc(F)c2)CC1. The van der Waals surface area contributed by atoms with Crippen molar-refractivity contribution in [3.63, 3.8) is 0 Å². The van der Waals surface area contributed by atoms with Crippen molar-refractivity contribution in [2.45, 2.75) is 26.3 Å². The Morgan fingerprint density at radius 1 is 1.00 bits per heavy atom. The van der Waals surface area contributed by atoms with E-state index in [2.05, 4.69) is 16.0 Å². The topological polar surface area (TPSA) is 93.8 Å². The first-order valence-corrected chi connectivity index (χ1v) is 9.23. The zero-order valence-corrected chi connectivity index (χ0v) is 16.5. The summed E-state index contributed by atoms with van der Waals surface area (Å²) in [7, 11) is 0. The van der Waals surface area contributed by atoms with Gasteiger partial charge in [-0.05, 0) is 39.0 Å². The summed E-state index contributed by atoms with van der Waals surface area (Å²) < 4.78 is 13.2. The fraction of sp³-hybridized carbons (Fsp3) is 0.526. The number of hydrogen-bond acceptors (Lipinski definition) is 5. The van der Waals surface area contributed by atoms with Crippen molar-refractivity contribution in [2.24, 2.45) is 0 Å². The standard InChI is InChI=1S/C19H28FN5O3/c1-19(2,3)23-18(28)22-17(27)13-25-9-7-24(8-10-25)12-16(26)21-15-6-4-5-14(20)11-15/h4-6,11H,7-10,12-13H2,1-3H3,(H,21,26)(H2,22,23,27,28). The molecule has 1 aromatic carbocycles. The third-order valence-electron chi connectivity index (χ3n) is 4.05. The first kappa shape index (κ1) is 21.8. The molecule has 154 valence electrons. The summed E-state index contributed by atoms with van der Waals surface area (Å²) in [6.45, 7) is 8.30. The number of nitrogens with zero attached hydrogens (tertiary/aromatic N) is 2. The summed E-state index contributed by atoms with van der Waals surface area (Å²) in [6.07, 6.45) is 0. The largest absolute Gasteiger partial charge is 0.333 e. The number of urea groups is 1. The minimum atomic E-state index is -0.509. The van der Waals surface area contributed by atoms with E-state index in [1.165, 1.54) is 18.2 Å². The van der Waals surface area contributed by atoms with Crippen molar-refractivity contribution in [3.05, 3.63) is 30.1 Å². The second-order valence-corrected chi connectivity index (χ2v) is 7.86. The number of halogens is 1. The van der Waals surface area contributed by atoms with Crippen molar-refractivity contribution in [3.8, 4) is 0 Å². The van der Waals surface area contributed by atoms with Gasteiger partial charge in [-0.1, -0.05) is 6.07 Å². The summed E-state index contributed by atoms with van der Waals surface area (Å²) in [5.41, 5.74) is 0.0103. The average molecular weight is 393 g/mol. The summed E-state index contributed by atoms with van der Waals surface area (Å²) in [6, 6.07) is 5.25. The third-order valence-corrected chi connectivity index (χ3v) is 4.05. The van der Waals surface area contributed by atoms with Crippen molar-refractivity contribution in [2.75, 3.05) is 44.6 Å². The van der Waals surface area contributed by atoms with E-state index in [0.717, 1.165) is 0 Å². The minimum Gasteiger partial charge on any atom is -0.333 e. The van der Waals surface area contributed by atoms with Gasteiger partial charge in [0, 0.05) is 37.4 Å². The number of imide groups is 1. The van der Waals surface area contributed by atoms with Gasteiger partial charge in [-0.15, -0.1) is 0 Å². The number of carbonyl (C=O) groups excluding carboxylic acids is 3. The molecule has 1 saturated heterocycles. The predicted octanol–water partition coefficient (Wildman–Crippen LogP) is 1.01. The molecule has 1 aromatic rings.